The van der Waals surface area contributed by atoms with Crippen LogP contribution in [-0.4, -0.2) is 41.8 Å². The number of nitrogens with zero attached hydrogens (tertiary/aromatic N) is 1. The fourth-order valence-electron chi connectivity index (χ4n) is 5.18. The summed E-state index contributed by atoms with van der Waals surface area (Å²) >= 11 is 3.47. The fourth-order valence-corrected chi connectivity index (χ4v) is 5.44. The van der Waals surface area contributed by atoms with Crippen molar-refractivity contribution in [1.29, 1.82) is 0 Å². The maximum Gasteiger partial charge on any atom is 0.410 e. The summed E-state index contributed by atoms with van der Waals surface area (Å²) in [7, 11) is 0. The zero-order chi connectivity index (χ0) is 22.6. The van der Waals surface area contributed by atoms with Gasteiger partial charge in [-0.2, -0.15) is 0 Å². The molecule has 2 aromatic rings. The summed E-state index contributed by atoms with van der Waals surface area (Å²) in [6.45, 7) is 1.20. The highest BCUT2D eigenvalue weighted by Gasteiger charge is 2.52. The zero-order valence-electron chi connectivity index (χ0n) is 18.0. The number of aliphatic carboxylic acids is 1. The molecular formula is C25H28BrNO5. The molecule has 1 saturated heterocycles. The van der Waals surface area contributed by atoms with Crippen molar-refractivity contribution in [2.45, 2.75) is 44.3 Å². The van der Waals surface area contributed by atoms with E-state index in [-0.39, 0.29) is 24.7 Å². The lowest BCUT2D eigenvalue weighted by molar-refractivity contribution is -0.151. The van der Waals surface area contributed by atoms with Crippen LogP contribution in [0.25, 0.3) is 0 Å². The van der Waals surface area contributed by atoms with Gasteiger partial charge in [-0.15, -0.1) is 0 Å². The molecule has 7 heteroatoms. The highest BCUT2D eigenvalue weighted by molar-refractivity contribution is 9.10. The second-order valence-electron chi connectivity index (χ2n) is 8.93. The van der Waals surface area contributed by atoms with E-state index in [2.05, 4.69) is 15.9 Å². The van der Waals surface area contributed by atoms with E-state index in [1.807, 2.05) is 54.6 Å². The topological polar surface area (TPSA) is 76.1 Å². The lowest BCUT2D eigenvalue weighted by Gasteiger charge is -2.41. The number of benzene rings is 2. The molecule has 1 aliphatic heterocycles. The Morgan fingerprint density at radius 2 is 1.78 bits per heavy atom. The van der Waals surface area contributed by atoms with Gasteiger partial charge in [-0.05, 0) is 60.8 Å². The Morgan fingerprint density at radius 3 is 2.50 bits per heavy atom. The molecule has 32 heavy (non-hydrogen) atoms. The third-order valence-electron chi connectivity index (χ3n) is 6.69. The zero-order valence-corrected chi connectivity index (χ0v) is 19.6. The van der Waals surface area contributed by atoms with Crippen molar-refractivity contribution in [3.8, 4) is 0 Å². The third-order valence-corrected chi connectivity index (χ3v) is 7.22. The van der Waals surface area contributed by atoms with Gasteiger partial charge >= 0.3 is 12.1 Å². The third kappa shape index (κ3) is 5.15. The van der Waals surface area contributed by atoms with Crippen LogP contribution in [0.1, 0.15) is 43.2 Å². The number of carbonyl (C=O) groups excluding carboxylic acids is 1. The number of carboxylic acid groups (broad SMARTS) is 1. The number of rotatable bonds is 6. The van der Waals surface area contributed by atoms with Crippen molar-refractivity contribution in [1.82, 2.24) is 4.90 Å². The number of ether oxygens (including phenoxy) is 2. The first-order valence-corrected chi connectivity index (χ1v) is 11.8. The normalized spacial score (nSPS) is 25.1. The fraction of sp³-hybridized carbons (Fsp3) is 0.440. The van der Waals surface area contributed by atoms with Crippen molar-refractivity contribution >= 4 is 28.0 Å². The molecule has 0 bridgehead atoms. The number of hydrogen-bond acceptors (Lipinski definition) is 4. The number of hydrogen-bond donors (Lipinski definition) is 1. The smallest absolute Gasteiger partial charge is 0.410 e. The molecule has 1 amide bonds. The summed E-state index contributed by atoms with van der Waals surface area (Å²) in [5.41, 5.74) is 1.19. The van der Waals surface area contributed by atoms with Crippen LogP contribution in [0.5, 0.6) is 0 Å². The van der Waals surface area contributed by atoms with Gasteiger partial charge < -0.3 is 19.5 Å². The van der Waals surface area contributed by atoms with Gasteiger partial charge in [0, 0.05) is 17.6 Å². The van der Waals surface area contributed by atoms with Gasteiger partial charge in [0.25, 0.3) is 0 Å². The molecule has 0 radical (unpaired) electrons. The minimum atomic E-state index is -0.975. The Labute approximate surface area is 196 Å². The van der Waals surface area contributed by atoms with Crippen molar-refractivity contribution in [2.75, 3.05) is 19.7 Å². The van der Waals surface area contributed by atoms with Gasteiger partial charge in [-0.3, -0.25) is 0 Å². The summed E-state index contributed by atoms with van der Waals surface area (Å²) in [6.07, 6.45) is 3.90. The Kier molecular flexibility index (Phi) is 6.86. The Morgan fingerprint density at radius 1 is 1.03 bits per heavy atom. The Hall–Kier alpha value is -2.38. The molecule has 1 heterocycles. The molecule has 1 aliphatic carbocycles. The van der Waals surface area contributed by atoms with Crippen molar-refractivity contribution in [3.63, 3.8) is 0 Å². The van der Waals surface area contributed by atoms with E-state index in [1.54, 1.807) is 4.90 Å². The van der Waals surface area contributed by atoms with E-state index < -0.39 is 11.6 Å². The molecular weight excluding hydrogens is 474 g/mol. The SMILES string of the molecule is O=C(O)COC1(c2ccc(Br)cc2)CCC2(CCCN(C(=O)OCc3ccccc3)C2)C1. The predicted octanol–water partition coefficient (Wildman–Crippen LogP) is 5.35. The minimum absolute atomic E-state index is 0.102. The van der Waals surface area contributed by atoms with Gasteiger partial charge in [0.15, 0.2) is 0 Å². The first-order valence-electron chi connectivity index (χ1n) is 11.0. The van der Waals surface area contributed by atoms with E-state index in [1.165, 1.54) is 0 Å². The van der Waals surface area contributed by atoms with Crippen LogP contribution in [0.4, 0.5) is 4.79 Å². The highest BCUT2D eigenvalue weighted by atomic mass is 79.9. The maximum atomic E-state index is 12.8. The van der Waals surface area contributed by atoms with Crippen LogP contribution in [0.15, 0.2) is 59.1 Å². The summed E-state index contributed by atoms with van der Waals surface area (Å²) in [5, 5.41) is 9.25. The van der Waals surface area contributed by atoms with Crippen molar-refractivity contribution in [2.24, 2.45) is 5.41 Å². The molecule has 6 nitrogen and oxygen atoms in total. The number of amides is 1. The van der Waals surface area contributed by atoms with E-state index in [4.69, 9.17) is 9.47 Å². The molecule has 2 aliphatic rings. The molecule has 0 aromatic heterocycles. The van der Waals surface area contributed by atoms with E-state index in [0.717, 1.165) is 41.3 Å². The number of carboxylic acids is 1. The second-order valence-corrected chi connectivity index (χ2v) is 9.84. The van der Waals surface area contributed by atoms with Crippen LogP contribution in [0, 0.1) is 5.41 Å². The molecule has 2 fully saturated rings. The van der Waals surface area contributed by atoms with E-state index in [0.29, 0.717) is 19.5 Å². The van der Waals surface area contributed by atoms with Gasteiger partial charge in [0.2, 0.25) is 0 Å². The number of piperidine rings is 1. The minimum Gasteiger partial charge on any atom is -0.480 e. The number of carbonyl (C=O) groups is 2. The maximum absolute atomic E-state index is 12.8. The summed E-state index contributed by atoms with van der Waals surface area (Å²) < 4.78 is 12.6. The van der Waals surface area contributed by atoms with E-state index >= 15 is 0 Å². The van der Waals surface area contributed by atoms with Gasteiger partial charge in [0.1, 0.15) is 13.2 Å². The molecule has 170 valence electrons. The Balaban J connectivity index is 1.47. The standard InChI is InChI=1S/C25H28BrNO5/c26-21-9-7-20(8-10-21)25(32-16-22(28)29)13-12-24(17-25)11-4-14-27(18-24)23(30)31-15-19-5-2-1-3-6-19/h1-3,5-10H,4,11-18H2,(H,28,29). The van der Waals surface area contributed by atoms with Crippen LogP contribution in [0.2, 0.25) is 0 Å². The summed E-state index contributed by atoms with van der Waals surface area (Å²) in [4.78, 5) is 25.9. The van der Waals surface area contributed by atoms with Gasteiger partial charge in [-0.1, -0.05) is 58.4 Å². The van der Waals surface area contributed by atoms with Gasteiger partial charge in [-0.25, -0.2) is 9.59 Å². The molecule has 1 N–H and O–H groups in total. The largest absolute Gasteiger partial charge is 0.480 e. The van der Waals surface area contributed by atoms with Crippen LogP contribution >= 0.6 is 15.9 Å². The number of likely N-dealkylation sites (tertiary alicyclic amines) is 1. The lowest BCUT2D eigenvalue weighted by Crippen LogP contribution is -2.46. The molecule has 2 unspecified atom stereocenters. The first-order chi connectivity index (χ1) is 15.4. The quantitative estimate of drug-likeness (QED) is 0.577. The van der Waals surface area contributed by atoms with Crippen molar-refractivity contribution < 1.29 is 24.2 Å². The molecule has 2 aromatic carbocycles. The molecule has 1 saturated carbocycles. The molecule has 1 spiro atoms. The summed E-state index contributed by atoms with van der Waals surface area (Å²) in [5.74, 6) is -0.975. The lowest BCUT2D eigenvalue weighted by atomic mass is 9.76. The first kappa shape index (κ1) is 22.8. The van der Waals surface area contributed by atoms with Crippen LogP contribution in [0.3, 0.4) is 0 Å². The molecule has 4 rings (SSSR count). The summed E-state index contributed by atoms with van der Waals surface area (Å²) in [6, 6.07) is 17.6. The average molecular weight is 502 g/mol. The van der Waals surface area contributed by atoms with E-state index in [9.17, 15) is 14.7 Å². The molecule has 2 atom stereocenters. The average Bonchev–Trinajstić information content (AvgIpc) is 3.16. The Bertz CT molecular complexity index is 951. The monoisotopic (exact) mass is 501 g/mol. The second kappa shape index (κ2) is 9.63. The predicted molar refractivity (Wildman–Crippen MR) is 123 cm³/mol. The number of halogens is 1. The van der Waals surface area contributed by atoms with Crippen LogP contribution in [-0.2, 0) is 26.5 Å². The van der Waals surface area contributed by atoms with Crippen molar-refractivity contribution in [3.05, 3.63) is 70.2 Å². The highest BCUT2D eigenvalue weighted by Crippen LogP contribution is 2.55. The van der Waals surface area contributed by atoms with Crippen LogP contribution < -0.4 is 0 Å². The van der Waals surface area contributed by atoms with Gasteiger partial charge in [0.05, 0.1) is 5.60 Å².